The third-order valence-corrected chi connectivity index (χ3v) is 3.33. The normalized spacial score (nSPS) is 17.4. The molecule has 17 heavy (non-hydrogen) atoms. The molecular formula is C13H22N4. The molecule has 94 valence electrons. The summed E-state index contributed by atoms with van der Waals surface area (Å²) in [6.07, 6.45) is 7.16. The Morgan fingerprint density at radius 1 is 1.29 bits per heavy atom. The van der Waals surface area contributed by atoms with E-state index in [1.54, 1.807) is 12.4 Å². The summed E-state index contributed by atoms with van der Waals surface area (Å²) in [4.78, 5) is 11.1. The first kappa shape index (κ1) is 12.3. The highest BCUT2D eigenvalue weighted by molar-refractivity contribution is 5.42. The number of rotatable bonds is 4. The van der Waals surface area contributed by atoms with E-state index in [1.807, 2.05) is 6.92 Å². The van der Waals surface area contributed by atoms with Crippen LogP contribution in [0, 0.1) is 6.92 Å². The van der Waals surface area contributed by atoms with Gasteiger partial charge in [0.1, 0.15) is 5.82 Å². The number of nitrogens with one attached hydrogen (secondary N) is 1. The van der Waals surface area contributed by atoms with Gasteiger partial charge in [-0.15, -0.1) is 0 Å². The number of nitrogens with zero attached hydrogens (tertiary/aromatic N) is 3. The number of aromatic nitrogens is 2. The molecule has 0 radical (unpaired) electrons. The van der Waals surface area contributed by atoms with Gasteiger partial charge in [0.05, 0.1) is 5.69 Å². The van der Waals surface area contributed by atoms with Gasteiger partial charge in [-0.2, -0.15) is 0 Å². The second kappa shape index (κ2) is 5.96. The van der Waals surface area contributed by atoms with E-state index in [0.29, 0.717) is 6.04 Å². The lowest BCUT2D eigenvalue weighted by molar-refractivity contribution is 0.414. The summed E-state index contributed by atoms with van der Waals surface area (Å²) >= 11 is 0. The van der Waals surface area contributed by atoms with Crippen LogP contribution in [0.15, 0.2) is 12.4 Å². The molecule has 4 heteroatoms. The number of piperidine rings is 1. The van der Waals surface area contributed by atoms with Crippen molar-refractivity contribution in [3.05, 3.63) is 18.1 Å². The summed E-state index contributed by atoms with van der Waals surface area (Å²) in [7, 11) is 0. The van der Waals surface area contributed by atoms with E-state index in [2.05, 4.69) is 27.1 Å². The topological polar surface area (TPSA) is 41.0 Å². The zero-order chi connectivity index (χ0) is 12.1. The maximum absolute atomic E-state index is 4.43. The minimum atomic E-state index is 0.683. The Bertz CT molecular complexity index is 345. The van der Waals surface area contributed by atoms with E-state index in [4.69, 9.17) is 0 Å². The molecule has 0 saturated carbocycles. The summed E-state index contributed by atoms with van der Waals surface area (Å²) in [5.41, 5.74) is 1.03. The molecule has 0 unspecified atom stereocenters. The summed E-state index contributed by atoms with van der Waals surface area (Å²) in [6, 6.07) is 0.683. The molecule has 2 rings (SSSR count). The molecule has 1 N–H and O–H groups in total. The van der Waals surface area contributed by atoms with Crippen molar-refractivity contribution in [2.45, 2.75) is 39.2 Å². The minimum absolute atomic E-state index is 0.683. The van der Waals surface area contributed by atoms with Crippen molar-refractivity contribution in [3.63, 3.8) is 0 Å². The van der Waals surface area contributed by atoms with Gasteiger partial charge in [-0.05, 0) is 32.7 Å². The predicted octanol–water partition coefficient (Wildman–Crippen LogP) is 1.75. The lowest BCUT2D eigenvalue weighted by Gasteiger charge is -2.33. The molecule has 0 atom stereocenters. The Kier molecular flexibility index (Phi) is 4.31. The Morgan fingerprint density at radius 2 is 2.00 bits per heavy atom. The SMILES string of the molecule is CCCNC1CCN(c2nccnc2C)CC1. The first-order chi connectivity index (χ1) is 8.31. The van der Waals surface area contributed by atoms with Crippen LogP contribution in [-0.2, 0) is 0 Å². The molecule has 1 aromatic rings. The monoisotopic (exact) mass is 234 g/mol. The van der Waals surface area contributed by atoms with Crippen molar-refractivity contribution in [1.29, 1.82) is 0 Å². The van der Waals surface area contributed by atoms with Crippen LogP contribution < -0.4 is 10.2 Å². The number of hydrogen-bond donors (Lipinski definition) is 1. The fourth-order valence-corrected chi connectivity index (χ4v) is 2.35. The van der Waals surface area contributed by atoms with Gasteiger partial charge in [0.2, 0.25) is 0 Å². The third kappa shape index (κ3) is 3.16. The van der Waals surface area contributed by atoms with E-state index < -0.39 is 0 Å². The molecule has 1 aromatic heterocycles. The van der Waals surface area contributed by atoms with E-state index >= 15 is 0 Å². The van der Waals surface area contributed by atoms with Crippen LogP contribution in [0.2, 0.25) is 0 Å². The Morgan fingerprint density at radius 3 is 2.65 bits per heavy atom. The number of anilines is 1. The van der Waals surface area contributed by atoms with Crippen molar-refractivity contribution in [2.75, 3.05) is 24.5 Å². The maximum atomic E-state index is 4.43. The second-order valence-corrected chi connectivity index (χ2v) is 4.68. The smallest absolute Gasteiger partial charge is 0.150 e. The van der Waals surface area contributed by atoms with Gasteiger partial charge >= 0.3 is 0 Å². The highest BCUT2D eigenvalue weighted by Crippen LogP contribution is 2.19. The molecule has 1 aliphatic heterocycles. The molecule has 0 spiro atoms. The predicted molar refractivity (Wildman–Crippen MR) is 70.3 cm³/mol. The van der Waals surface area contributed by atoms with Crippen LogP contribution in [0.1, 0.15) is 31.9 Å². The van der Waals surface area contributed by atoms with Crippen molar-refractivity contribution >= 4 is 5.82 Å². The van der Waals surface area contributed by atoms with Gasteiger partial charge in [0.15, 0.2) is 0 Å². The van der Waals surface area contributed by atoms with Crippen LogP contribution in [0.5, 0.6) is 0 Å². The van der Waals surface area contributed by atoms with E-state index in [1.165, 1.54) is 19.3 Å². The molecule has 4 nitrogen and oxygen atoms in total. The van der Waals surface area contributed by atoms with Gasteiger partial charge in [-0.1, -0.05) is 6.92 Å². The first-order valence-electron chi connectivity index (χ1n) is 6.57. The summed E-state index contributed by atoms with van der Waals surface area (Å²) in [6.45, 7) is 7.55. The molecule has 0 aliphatic carbocycles. The molecule has 1 aliphatic rings. The van der Waals surface area contributed by atoms with Crippen molar-refractivity contribution in [3.8, 4) is 0 Å². The summed E-state index contributed by atoms with van der Waals surface area (Å²) < 4.78 is 0. The molecule has 0 bridgehead atoms. The van der Waals surface area contributed by atoms with Crippen LogP contribution in [0.3, 0.4) is 0 Å². The minimum Gasteiger partial charge on any atom is -0.355 e. The maximum Gasteiger partial charge on any atom is 0.150 e. The first-order valence-corrected chi connectivity index (χ1v) is 6.57. The number of aryl methyl sites for hydroxylation is 1. The quantitative estimate of drug-likeness (QED) is 0.862. The summed E-state index contributed by atoms with van der Waals surface area (Å²) in [5, 5.41) is 3.60. The van der Waals surface area contributed by atoms with E-state index in [0.717, 1.165) is 31.1 Å². The standard InChI is InChI=1S/C13H22N4/c1-3-6-15-12-4-9-17(10-5-12)13-11(2)14-7-8-16-13/h7-8,12,15H,3-6,9-10H2,1-2H3. The van der Waals surface area contributed by atoms with Gasteiger partial charge in [-0.25, -0.2) is 4.98 Å². The van der Waals surface area contributed by atoms with Crippen molar-refractivity contribution < 1.29 is 0 Å². The molecule has 2 heterocycles. The molecule has 1 fully saturated rings. The Labute approximate surface area is 103 Å². The highest BCUT2D eigenvalue weighted by Gasteiger charge is 2.20. The largest absolute Gasteiger partial charge is 0.355 e. The summed E-state index contributed by atoms with van der Waals surface area (Å²) in [5.74, 6) is 1.06. The average molecular weight is 234 g/mol. The molecule has 0 amide bonds. The average Bonchev–Trinajstić information content (AvgIpc) is 2.38. The Hall–Kier alpha value is -1.16. The van der Waals surface area contributed by atoms with Crippen molar-refractivity contribution in [1.82, 2.24) is 15.3 Å². The van der Waals surface area contributed by atoms with Gasteiger partial charge in [0.25, 0.3) is 0 Å². The van der Waals surface area contributed by atoms with Crippen LogP contribution in [0.25, 0.3) is 0 Å². The second-order valence-electron chi connectivity index (χ2n) is 4.68. The number of hydrogen-bond acceptors (Lipinski definition) is 4. The van der Waals surface area contributed by atoms with Gasteiger partial charge in [0, 0.05) is 31.5 Å². The van der Waals surface area contributed by atoms with E-state index in [-0.39, 0.29) is 0 Å². The van der Waals surface area contributed by atoms with Gasteiger partial charge < -0.3 is 10.2 Å². The fourth-order valence-electron chi connectivity index (χ4n) is 2.35. The Balaban J connectivity index is 1.89. The van der Waals surface area contributed by atoms with Crippen molar-refractivity contribution in [2.24, 2.45) is 0 Å². The van der Waals surface area contributed by atoms with Gasteiger partial charge in [-0.3, -0.25) is 4.98 Å². The molecule has 1 saturated heterocycles. The molecular weight excluding hydrogens is 212 g/mol. The highest BCUT2D eigenvalue weighted by atomic mass is 15.2. The zero-order valence-electron chi connectivity index (χ0n) is 10.8. The third-order valence-electron chi connectivity index (χ3n) is 3.33. The lowest BCUT2D eigenvalue weighted by atomic mass is 10.0. The lowest BCUT2D eigenvalue weighted by Crippen LogP contribution is -2.43. The van der Waals surface area contributed by atoms with Crippen LogP contribution in [-0.4, -0.2) is 35.6 Å². The molecule has 0 aromatic carbocycles. The van der Waals surface area contributed by atoms with Crippen LogP contribution >= 0.6 is 0 Å². The zero-order valence-corrected chi connectivity index (χ0v) is 10.8. The van der Waals surface area contributed by atoms with E-state index in [9.17, 15) is 0 Å². The fraction of sp³-hybridized carbons (Fsp3) is 0.692. The van der Waals surface area contributed by atoms with Crippen LogP contribution in [0.4, 0.5) is 5.82 Å².